The maximum Gasteiger partial charge on any atom is 0.311 e. The topological polar surface area (TPSA) is 103 Å². The van der Waals surface area contributed by atoms with Gasteiger partial charge in [-0.2, -0.15) is 4.31 Å². The van der Waals surface area contributed by atoms with Crippen LogP contribution in [-0.2, 0) is 29.1 Å². The van der Waals surface area contributed by atoms with Crippen LogP contribution in [0.5, 0.6) is 0 Å². The lowest BCUT2D eigenvalue weighted by Crippen LogP contribution is -2.38. The first kappa shape index (κ1) is 23.0. The zero-order valence-electron chi connectivity index (χ0n) is 17.8. The third kappa shape index (κ3) is 4.83. The third-order valence-electron chi connectivity index (χ3n) is 5.47. The predicted molar refractivity (Wildman–Crippen MR) is 111 cm³/mol. The van der Waals surface area contributed by atoms with E-state index >= 15 is 0 Å². The number of carbonyl (C=O) groups is 2. The second-order valence-corrected chi connectivity index (χ2v) is 9.31. The summed E-state index contributed by atoms with van der Waals surface area (Å²) in [5.74, 6) is -1.33. The summed E-state index contributed by atoms with van der Waals surface area (Å²) in [5.41, 5.74) is 0.926. The molecule has 0 unspecified atom stereocenters. The Morgan fingerprint density at radius 3 is 2.48 bits per heavy atom. The van der Waals surface area contributed by atoms with Gasteiger partial charge >= 0.3 is 11.9 Å². The number of hydrogen-bond donors (Lipinski definition) is 0. The standard InChI is InChI=1S/C22H27NO7S/c1-4-29-22(25)18-14-16(9-12-20(24)28-3)23(21(18)19-6-5-13-30-19)31(26,27)17-10-7-15(2)8-11-17/h5-8,10-11,13,16,18,21H,4,9,12,14H2,1-3H3/t16-,18-,21-/m1/s1. The van der Waals surface area contributed by atoms with E-state index < -0.39 is 40.0 Å². The van der Waals surface area contributed by atoms with Crippen LogP contribution in [0.4, 0.5) is 0 Å². The predicted octanol–water partition coefficient (Wildman–Crippen LogP) is 3.22. The van der Waals surface area contributed by atoms with Crippen molar-refractivity contribution >= 4 is 22.0 Å². The molecule has 1 aromatic carbocycles. The Morgan fingerprint density at radius 1 is 1.19 bits per heavy atom. The maximum atomic E-state index is 13.7. The lowest BCUT2D eigenvalue weighted by Gasteiger charge is -2.29. The fourth-order valence-electron chi connectivity index (χ4n) is 4.00. The molecule has 8 nitrogen and oxygen atoms in total. The van der Waals surface area contributed by atoms with Gasteiger partial charge in [0.1, 0.15) is 5.76 Å². The Bertz CT molecular complexity index is 999. The van der Waals surface area contributed by atoms with E-state index in [0.717, 1.165) is 5.56 Å². The molecule has 168 valence electrons. The van der Waals surface area contributed by atoms with Crippen molar-refractivity contribution in [1.29, 1.82) is 0 Å². The van der Waals surface area contributed by atoms with Gasteiger partial charge in [-0.05, 0) is 51.0 Å². The lowest BCUT2D eigenvalue weighted by atomic mass is 9.96. The second kappa shape index (κ2) is 9.65. The van der Waals surface area contributed by atoms with Crippen molar-refractivity contribution in [3.8, 4) is 0 Å². The first-order valence-corrected chi connectivity index (χ1v) is 11.6. The van der Waals surface area contributed by atoms with E-state index in [1.54, 1.807) is 43.3 Å². The van der Waals surface area contributed by atoms with Crippen LogP contribution in [0.25, 0.3) is 0 Å². The van der Waals surface area contributed by atoms with Crippen molar-refractivity contribution in [2.75, 3.05) is 13.7 Å². The average Bonchev–Trinajstić information content (AvgIpc) is 3.40. The number of ether oxygens (including phenoxy) is 2. The number of benzene rings is 1. The minimum Gasteiger partial charge on any atom is -0.469 e. The number of methoxy groups -OCH3 is 1. The molecule has 1 saturated heterocycles. The molecule has 1 aliphatic heterocycles. The smallest absolute Gasteiger partial charge is 0.311 e. The van der Waals surface area contributed by atoms with Gasteiger partial charge in [-0.1, -0.05) is 17.7 Å². The number of furan rings is 1. The summed E-state index contributed by atoms with van der Waals surface area (Å²) in [6, 6.07) is 8.34. The number of nitrogens with zero attached hydrogens (tertiary/aromatic N) is 1. The summed E-state index contributed by atoms with van der Waals surface area (Å²) < 4.78 is 44.3. The van der Waals surface area contributed by atoms with E-state index in [-0.39, 0.29) is 30.8 Å². The fraction of sp³-hybridized carbons (Fsp3) is 0.455. The summed E-state index contributed by atoms with van der Waals surface area (Å²) in [5, 5.41) is 0. The molecule has 1 aromatic heterocycles. The van der Waals surface area contributed by atoms with Gasteiger partial charge in [0, 0.05) is 12.5 Å². The molecule has 0 N–H and O–H groups in total. The maximum absolute atomic E-state index is 13.7. The fourth-order valence-corrected chi connectivity index (χ4v) is 5.85. The summed E-state index contributed by atoms with van der Waals surface area (Å²) in [4.78, 5) is 24.6. The number of rotatable bonds is 8. The second-order valence-electron chi connectivity index (χ2n) is 7.47. The summed E-state index contributed by atoms with van der Waals surface area (Å²) in [7, 11) is -2.72. The summed E-state index contributed by atoms with van der Waals surface area (Å²) in [6.45, 7) is 3.75. The van der Waals surface area contributed by atoms with Crippen molar-refractivity contribution in [2.45, 2.75) is 50.1 Å². The number of carbonyl (C=O) groups excluding carboxylic acids is 2. The molecule has 0 radical (unpaired) electrons. The van der Waals surface area contributed by atoms with E-state index in [0.29, 0.717) is 5.76 Å². The Kier molecular flexibility index (Phi) is 7.17. The highest BCUT2D eigenvalue weighted by Crippen LogP contribution is 2.46. The van der Waals surface area contributed by atoms with Crippen LogP contribution in [0.1, 0.15) is 43.6 Å². The van der Waals surface area contributed by atoms with Crippen LogP contribution in [0.2, 0.25) is 0 Å². The largest absolute Gasteiger partial charge is 0.469 e. The van der Waals surface area contributed by atoms with E-state index in [9.17, 15) is 18.0 Å². The van der Waals surface area contributed by atoms with Gasteiger partial charge in [0.15, 0.2) is 0 Å². The molecule has 2 aromatic rings. The molecule has 1 fully saturated rings. The quantitative estimate of drug-likeness (QED) is 0.570. The van der Waals surface area contributed by atoms with Gasteiger partial charge in [0.2, 0.25) is 10.0 Å². The van der Waals surface area contributed by atoms with E-state index in [2.05, 4.69) is 0 Å². The van der Waals surface area contributed by atoms with Crippen LogP contribution >= 0.6 is 0 Å². The summed E-state index contributed by atoms with van der Waals surface area (Å²) in [6.07, 6.45) is 1.90. The molecule has 3 atom stereocenters. The van der Waals surface area contributed by atoms with Crippen LogP contribution in [0, 0.1) is 12.8 Å². The SMILES string of the molecule is CCOC(=O)[C@@H]1C[C@@H](CCC(=O)OC)N(S(=O)(=O)c2ccc(C)cc2)[C@H]1c1ccco1. The Labute approximate surface area is 182 Å². The molecule has 0 saturated carbocycles. The Morgan fingerprint density at radius 2 is 1.90 bits per heavy atom. The van der Waals surface area contributed by atoms with Crippen molar-refractivity contribution in [2.24, 2.45) is 5.92 Å². The normalized spacial score (nSPS) is 21.7. The molecule has 1 aliphatic rings. The van der Waals surface area contributed by atoms with Crippen LogP contribution in [0.15, 0.2) is 52.0 Å². The minimum absolute atomic E-state index is 0.0293. The van der Waals surface area contributed by atoms with E-state index in [1.807, 2.05) is 6.92 Å². The number of hydrogen-bond acceptors (Lipinski definition) is 7. The van der Waals surface area contributed by atoms with Gasteiger partial charge in [0.25, 0.3) is 0 Å². The van der Waals surface area contributed by atoms with Gasteiger partial charge in [0.05, 0.1) is 36.8 Å². The molecular formula is C22H27NO7S. The molecular weight excluding hydrogens is 422 g/mol. The summed E-state index contributed by atoms with van der Waals surface area (Å²) >= 11 is 0. The van der Waals surface area contributed by atoms with Gasteiger partial charge in [-0.25, -0.2) is 8.42 Å². The molecule has 3 rings (SSSR count). The zero-order chi connectivity index (χ0) is 22.6. The van der Waals surface area contributed by atoms with Crippen LogP contribution in [-0.4, -0.2) is 44.4 Å². The van der Waals surface area contributed by atoms with Crippen LogP contribution < -0.4 is 0 Å². The molecule has 0 amide bonds. The van der Waals surface area contributed by atoms with Gasteiger partial charge in [-0.15, -0.1) is 0 Å². The van der Waals surface area contributed by atoms with Crippen LogP contribution in [0.3, 0.4) is 0 Å². The third-order valence-corrected chi connectivity index (χ3v) is 7.42. The number of aryl methyl sites for hydroxylation is 1. The lowest BCUT2D eigenvalue weighted by molar-refractivity contribution is -0.148. The first-order chi connectivity index (χ1) is 14.8. The number of sulfonamides is 1. The zero-order valence-corrected chi connectivity index (χ0v) is 18.6. The van der Waals surface area contributed by atoms with E-state index in [1.165, 1.54) is 17.7 Å². The Balaban J connectivity index is 2.07. The van der Waals surface area contributed by atoms with E-state index in [4.69, 9.17) is 13.9 Å². The number of esters is 2. The molecule has 2 heterocycles. The molecule has 0 bridgehead atoms. The average molecular weight is 450 g/mol. The van der Waals surface area contributed by atoms with Crippen molar-refractivity contribution in [1.82, 2.24) is 4.31 Å². The van der Waals surface area contributed by atoms with Gasteiger partial charge in [-0.3, -0.25) is 9.59 Å². The van der Waals surface area contributed by atoms with Gasteiger partial charge < -0.3 is 13.9 Å². The highest BCUT2D eigenvalue weighted by atomic mass is 32.2. The first-order valence-electron chi connectivity index (χ1n) is 10.2. The minimum atomic E-state index is -4.00. The molecule has 31 heavy (non-hydrogen) atoms. The monoisotopic (exact) mass is 449 g/mol. The highest BCUT2D eigenvalue weighted by molar-refractivity contribution is 7.89. The molecule has 0 spiro atoms. The molecule has 9 heteroatoms. The molecule has 0 aliphatic carbocycles. The van der Waals surface area contributed by atoms with Crippen molar-refractivity contribution in [3.63, 3.8) is 0 Å². The van der Waals surface area contributed by atoms with Crippen molar-refractivity contribution < 1.29 is 31.9 Å². The van der Waals surface area contributed by atoms with Crippen molar-refractivity contribution in [3.05, 3.63) is 54.0 Å². The Hall–Kier alpha value is -2.65. The highest BCUT2D eigenvalue weighted by Gasteiger charge is 2.52.